The molecule has 0 radical (unpaired) electrons. The third kappa shape index (κ3) is 4.31. The van der Waals surface area contributed by atoms with E-state index in [1.54, 1.807) is 12.1 Å². The van der Waals surface area contributed by atoms with Gasteiger partial charge in [-0.25, -0.2) is 4.98 Å². The average Bonchev–Trinajstić information content (AvgIpc) is 2.55. The van der Waals surface area contributed by atoms with Gasteiger partial charge in [-0.2, -0.15) is 0 Å². The fourth-order valence-electron chi connectivity index (χ4n) is 2.35. The van der Waals surface area contributed by atoms with Gasteiger partial charge in [0.15, 0.2) is 0 Å². The highest BCUT2D eigenvalue weighted by atomic mass is 35.5. The Morgan fingerprint density at radius 3 is 2.80 bits per heavy atom. The molecule has 132 valence electrons. The Labute approximate surface area is 154 Å². The summed E-state index contributed by atoms with van der Waals surface area (Å²) in [4.78, 5) is 19.2. The normalized spacial score (nSPS) is 16.2. The van der Waals surface area contributed by atoms with Crippen LogP contribution in [0.5, 0.6) is 0 Å². The largest absolute Gasteiger partial charge is 0.376 e. The molecule has 1 saturated heterocycles. The summed E-state index contributed by atoms with van der Waals surface area (Å²) in [7, 11) is 0. The average molecular weight is 382 g/mol. The molecule has 1 unspecified atom stereocenters. The Kier molecular flexibility index (Phi) is 5.57. The number of rotatable bonds is 7. The fraction of sp³-hybridized carbons (Fsp3) is 0.312. The zero-order chi connectivity index (χ0) is 17.8. The molecule has 1 aliphatic rings. The molecule has 0 saturated carbocycles. The predicted molar refractivity (Wildman–Crippen MR) is 99.4 cm³/mol. The molecule has 0 bridgehead atoms. The molecule has 1 aromatic heterocycles. The molecule has 25 heavy (non-hydrogen) atoms. The lowest BCUT2D eigenvalue weighted by Crippen LogP contribution is -2.35. The number of nitrogens with one attached hydrogen (secondary N) is 4. The molecular weight excluding hydrogens is 365 g/mol. The Hall–Kier alpha value is -2.09. The summed E-state index contributed by atoms with van der Waals surface area (Å²) < 4.78 is 5.31. The minimum absolute atomic E-state index is 0.102. The standard InChI is InChI=1S/C16H17Cl2N5O2/c17-11-2-1-9(5-12(11)18)7-21-16-22-13(6-19)14(15(24)23-16)20-8-10-3-4-25-10/h1-2,5-6,10,19-20H,3-4,7-8H2,(H2,21,22,23,24). The third-order valence-corrected chi connectivity index (χ3v) is 4.57. The van der Waals surface area contributed by atoms with E-state index < -0.39 is 0 Å². The zero-order valence-electron chi connectivity index (χ0n) is 13.2. The van der Waals surface area contributed by atoms with Gasteiger partial charge in [0.05, 0.1) is 16.1 Å². The number of hydrogen-bond acceptors (Lipinski definition) is 6. The van der Waals surface area contributed by atoms with Gasteiger partial charge in [0.2, 0.25) is 5.95 Å². The molecule has 4 N–H and O–H groups in total. The number of ether oxygens (including phenoxy) is 1. The molecule has 1 fully saturated rings. The number of H-pyrrole nitrogens is 1. The Morgan fingerprint density at radius 2 is 2.16 bits per heavy atom. The van der Waals surface area contributed by atoms with E-state index in [0.29, 0.717) is 23.1 Å². The molecule has 3 rings (SSSR count). The summed E-state index contributed by atoms with van der Waals surface area (Å²) in [6, 6.07) is 5.27. The molecule has 2 aromatic rings. The second-order valence-electron chi connectivity index (χ2n) is 5.58. The topological polar surface area (TPSA) is 103 Å². The molecule has 0 spiro atoms. The molecule has 9 heteroatoms. The Morgan fingerprint density at radius 1 is 1.36 bits per heavy atom. The van der Waals surface area contributed by atoms with E-state index in [-0.39, 0.29) is 29.0 Å². The minimum Gasteiger partial charge on any atom is -0.376 e. The Bertz CT molecular complexity index is 836. The predicted octanol–water partition coefficient (Wildman–Crippen LogP) is 2.89. The third-order valence-electron chi connectivity index (χ3n) is 3.83. The van der Waals surface area contributed by atoms with Crippen molar-refractivity contribution in [2.24, 2.45) is 0 Å². The van der Waals surface area contributed by atoms with Crippen LogP contribution in [0.15, 0.2) is 23.0 Å². The van der Waals surface area contributed by atoms with Gasteiger partial charge in [0.25, 0.3) is 5.56 Å². The highest BCUT2D eigenvalue weighted by molar-refractivity contribution is 6.42. The number of aromatic amines is 1. The van der Waals surface area contributed by atoms with Crippen LogP contribution in [-0.4, -0.2) is 35.4 Å². The minimum atomic E-state index is -0.343. The molecule has 1 atom stereocenters. The van der Waals surface area contributed by atoms with Gasteiger partial charge in [-0.15, -0.1) is 0 Å². The molecule has 1 aromatic carbocycles. The highest BCUT2D eigenvalue weighted by Crippen LogP contribution is 2.23. The molecule has 2 heterocycles. The van der Waals surface area contributed by atoms with E-state index >= 15 is 0 Å². The van der Waals surface area contributed by atoms with Gasteiger partial charge in [-0.3, -0.25) is 9.78 Å². The molecule has 0 amide bonds. The van der Waals surface area contributed by atoms with Crippen molar-refractivity contribution < 1.29 is 4.74 Å². The summed E-state index contributed by atoms with van der Waals surface area (Å²) in [5, 5.41) is 14.5. The maximum atomic E-state index is 12.3. The van der Waals surface area contributed by atoms with Crippen molar-refractivity contribution in [2.45, 2.75) is 19.1 Å². The van der Waals surface area contributed by atoms with Gasteiger partial charge in [0, 0.05) is 25.9 Å². The fourth-order valence-corrected chi connectivity index (χ4v) is 2.67. The van der Waals surface area contributed by atoms with E-state index in [2.05, 4.69) is 20.6 Å². The second kappa shape index (κ2) is 7.86. The number of anilines is 2. The molecule has 7 nitrogen and oxygen atoms in total. The van der Waals surface area contributed by atoms with Crippen LogP contribution < -0.4 is 16.2 Å². The van der Waals surface area contributed by atoms with E-state index in [1.165, 1.54) is 0 Å². The Balaban J connectivity index is 1.71. The maximum Gasteiger partial charge on any atom is 0.276 e. The van der Waals surface area contributed by atoms with Crippen LogP contribution in [0.25, 0.3) is 0 Å². The summed E-state index contributed by atoms with van der Waals surface area (Å²) in [5.74, 6) is 0.278. The van der Waals surface area contributed by atoms with Crippen LogP contribution >= 0.6 is 23.2 Å². The zero-order valence-corrected chi connectivity index (χ0v) is 14.7. The van der Waals surface area contributed by atoms with Crippen molar-refractivity contribution in [1.29, 1.82) is 5.41 Å². The van der Waals surface area contributed by atoms with Crippen LogP contribution in [-0.2, 0) is 11.3 Å². The molecular formula is C16H17Cl2N5O2. The quantitative estimate of drug-likeness (QED) is 0.552. The first-order chi connectivity index (χ1) is 12.1. The van der Waals surface area contributed by atoms with Crippen molar-refractivity contribution in [1.82, 2.24) is 9.97 Å². The van der Waals surface area contributed by atoms with Gasteiger partial charge in [-0.1, -0.05) is 29.3 Å². The van der Waals surface area contributed by atoms with Gasteiger partial charge < -0.3 is 20.8 Å². The first-order valence-corrected chi connectivity index (χ1v) is 8.50. The van der Waals surface area contributed by atoms with Crippen molar-refractivity contribution in [2.75, 3.05) is 23.8 Å². The van der Waals surface area contributed by atoms with Crippen molar-refractivity contribution >= 4 is 41.1 Å². The van der Waals surface area contributed by atoms with Crippen LogP contribution in [0.3, 0.4) is 0 Å². The number of aromatic nitrogens is 2. The van der Waals surface area contributed by atoms with Crippen LogP contribution in [0.1, 0.15) is 17.7 Å². The number of hydrogen-bond donors (Lipinski definition) is 4. The summed E-state index contributed by atoms with van der Waals surface area (Å²) in [5.41, 5.74) is 1.08. The maximum absolute atomic E-state index is 12.3. The van der Waals surface area contributed by atoms with Gasteiger partial charge >= 0.3 is 0 Å². The summed E-state index contributed by atoms with van der Waals surface area (Å²) in [6.45, 7) is 1.66. The molecule has 0 aliphatic carbocycles. The van der Waals surface area contributed by atoms with Crippen molar-refractivity contribution in [3.05, 3.63) is 49.9 Å². The van der Waals surface area contributed by atoms with Crippen LogP contribution in [0.4, 0.5) is 11.6 Å². The number of halogens is 2. The van der Waals surface area contributed by atoms with E-state index in [9.17, 15) is 4.79 Å². The van der Waals surface area contributed by atoms with E-state index in [0.717, 1.165) is 24.8 Å². The second-order valence-corrected chi connectivity index (χ2v) is 6.40. The summed E-state index contributed by atoms with van der Waals surface area (Å²) in [6.07, 6.45) is 2.11. The number of nitrogens with zero attached hydrogens (tertiary/aromatic N) is 1. The van der Waals surface area contributed by atoms with E-state index in [4.69, 9.17) is 33.3 Å². The lowest BCUT2D eigenvalue weighted by atomic mass is 10.2. The van der Waals surface area contributed by atoms with Gasteiger partial charge in [0.1, 0.15) is 11.4 Å². The highest BCUT2D eigenvalue weighted by Gasteiger charge is 2.19. The smallest absolute Gasteiger partial charge is 0.276 e. The van der Waals surface area contributed by atoms with Crippen molar-refractivity contribution in [3.8, 4) is 0 Å². The van der Waals surface area contributed by atoms with E-state index in [1.807, 2.05) is 6.07 Å². The SMILES string of the molecule is N=Cc1nc(NCc2ccc(Cl)c(Cl)c2)[nH]c(=O)c1NCC1CCO1. The monoisotopic (exact) mass is 381 g/mol. The van der Waals surface area contributed by atoms with Crippen LogP contribution in [0, 0.1) is 5.41 Å². The van der Waals surface area contributed by atoms with Crippen molar-refractivity contribution in [3.63, 3.8) is 0 Å². The first-order valence-electron chi connectivity index (χ1n) is 7.75. The van der Waals surface area contributed by atoms with Gasteiger partial charge in [-0.05, 0) is 24.1 Å². The lowest BCUT2D eigenvalue weighted by Gasteiger charge is -2.26. The summed E-state index contributed by atoms with van der Waals surface area (Å²) >= 11 is 11.9. The lowest BCUT2D eigenvalue weighted by molar-refractivity contribution is -0.0410. The first kappa shape index (κ1) is 17.7. The number of benzene rings is 1. The van der Waals surface area contributed by atoms with Crippen LogP contribution in [0.2, 0.25) is 10.0 Å². The molecule has 1 aliphatic heterocycles.